The SMILES string of the molecule is COc1cc(C=O)ccc1OC(OC)C(O)C(O)CC=O. The van der Waals surface area contributed by atoms with Crippen molar-refractivity contribution < 1.29 is 34.0 Å². The maximum atomic E-state index is 10.7. The molecule has 21 heavy (non-hydrogen) atoms. The summed E-state index contributed by atoms with van der Waals surface area (Å²) < 4.78 is 15.5. The quantitative estimate of drug-likeness (QED) is 0.495. The fourth-order valence-electron chi connectivity index (χ4n) is 1.66. The Morgan fingerprint density at radius 2 is 1.90 bits per heavy atom. The molecule has 3 unspecified atom stereocenters. The van der Waals surface area contributed by atoms with E-state index in [9.17, 15) is 19.8 Å². The molecule has 0 aliphatic carbocycles. The highest BCUT2D eigenvalue weighted by atomic mass is 16.7. The van der Waals surface area contributed by atoms with Crippen LogP contribution in [0.2, 0.25) is 0 Å². The number of rotatable bonds is 9. The van der Waals surface area contributed by atoms with E-state index < -0.39 is 18.5 Å². The van der Waals surface area contributed by atoms with Gasteiger partial charge in [0, 0.05) is 19.1 Å². The molecule has 1 aromatic rings. The van der Waals surface area contributed by atoms with Crippen molar-refractivity contribution in [2.45, 2.75) is 24.9 Å². The normalized spacial score (nSPS) is 14.9. The van der Waals surface area contributed by atoms with Crippen molar-refractivity contribution in [1.29, 1.82) is 0 Å². The van der Waals surface area contributed by atoms with Crippen LogP contribution in [0.25, 0.3) is 0 Å². The molecule has 0 spiro atoms. The molecule has 0 heterocycles. The Kier molecular flexibility index (Phi) is 6.80. The van der Waals surface area contributed by atoms with Crippen LogP contribution < -0.4 is 9.47 Å². The van der Waals surface area contributed by atoms with Gasteiger partial charge >= 0.3 is 0 Å². The third-order valence-electron chi connectivity index (χ3n) is 2.81. The molecule has 7 nitrogen and oxygen atoms in total. The van der Waals surface area contributed by atoms with Gasteiger partial charge in [0.1, 0.15) is 18.7 Å². The minimum atomic E-state index is -1.42. The molecule has 0 radical (unpaired) electrons. The Balaban J connectivity index is 2.90. The van der Waals surface area contributed by atoms with E-state index in [1.807, 2.05) is 0 Å². The lowest BCUT2D eigenvalue weighted by Crippen LogP contribution is -2.42. The molecule has 0 aliphatic rings. The first-order valence-corrected chi connectivity index (χ1v) is 6.19. The summed E-state index contributed by atoms with van der Waals surface area (Å²) in [6, 6.07) is 4.45. The molecule has 3 atom stereocenters. The lowest BCUT2D eigenvalue weighted by Gasteiger charge is -2.26. The zero-order valence-electron chi connectivity index (χ0n) is 11.8. The van der Waals surface area contributed by atoms with Crippen molar-refractivity contribution in [3.8, 4) is 11.5 Å². The molecule has 116 valence electrons. The second kappa shape index (κ2) is 8.35. The molecule has 0 fully saturated rings. The first-order valence-electron chi connectivity index (χ1n) is 6.19. The van der Waals surface area contributed by atoms with Crippen molar-refractivity contribution in [1.82, 2.24) is 0 Å². The van der Waals surface area contributed by atoms with Gasteiger partial charge in [-0.1, -0.05) is 0 Å². The number of carbonyl (C=O) groups excluding carboxylic acids is 2. The molecule has 1 aromatic carbocycles. The lowest BCUT2D eigenvalue weighted by molar-refractivity contribution is -0.162. The number of hydrogen-bond acceptors (Lipinski definition) is 7. The van der Waals surface area contributed by atoms with Crippen molar-refractivity contribution in [3.05, 3.63) is 23.8 Å². The van der Waals surface area contributed by atoms with E-state index in [0.29, 0.717) is 18.1 Å². The van der Waals surface area contributed by atoms with E-state index >= 15 is 0 Å². The van der Waals surface area contributed by atoms with Gasteiger partial charge in [0.2, 0.25) is 6.29 Å². The molecule has 1 rings (SSSR count). The molecule has 0 amide bonds. The van der Waals surface area contributed by atoms with Crippen molar-refractivity contribution in [2.75, 3.05) is 14.2 Å². The fourth-order valence-corrected chi connectivity index (χ4v) is 1.66. The first-order chi connectivity index (χ1) is 10.1. The molecule has 0 aromatic heterocycles. The Hall–Kier alpha value is -1.96. The second-order valence-electron chi connectivity index (χ2n) is 4.21. The Morgan fingerprint density at radius 3 is 2.43 bits per heavy atom. The van der Waals surface area contributed by atoms with Crippen LogP contribution in [0.5, 0.6) is 11.5 Å². The van der Waals surface area contributed by atoms with Gasteiger partial charge in [0.05, 0.1) is 13.2 Å². The van der Waals surface area contributed by atoms with E-state index in [1.165, 1.54) is 32.4 Å². The lowest BCUT2D eigenvalue weighted by atomic mass is 10.1. The summed E-state index contributed by atoms with van der Waals surface area (Å²) in [5.41, 5.74) is 0.398. The van der Waals surface area contributed by atoms with E-state index in [1.54, 1.807) is 0 Å². The maximum absolute atomic E-state index is 10.7. The third kappa shape index (κ3) is 4.52. The van der Waals surface area contributed by atoms with Crippen LogP contribution in [0.4, 0.5) is 0 Å². The topological polar surface area (TPSA) is 102 Å². The van der Waals surface area contributed by atoms with Gasteiger partial charge in [0.25, 0.3) is 0 Å². The van der Waals surface area contributed by atoms with Crippen LogP contribution in [0.3, 0.4) is 0 Å². The van der Waals surface area contributed by atoms with Crippen LogP contribution in [0, 0.1) is 0 Å². The third-order valence-corrected chi connectivity index (χ3v) is 2.81. The molecule has 0 saturated heterocycles. The highest BCUT2D eigenvalue weighted by Crippen LogP contribution is 2.29. The fraction of sp³-hybridized carbons (Fsp3) is 0.429. The van der Waals surface area contributed by atoms with Crippen LogP contribution in [0.15, 0.2) is 18.2 Å². The molecule has 7 heteroatoms. The molecule has 2 N–H and O–H groups in total. The van der Waals surface area contributed by atoms with Gasteiger partial charge in [0.15, 0.2) is 11.5 Å². The van der Waals surface area contributed by atoms with Crippen molar-refractivity contribution in [2.24, 2.45) is 0 Å². The van der Waals surface area contributed by atoms with Crippen LogP contribution in [0.1, 0.15) is 16.8 Å². The minimum Gasteiger partial charge on any atom is -0.493 e. The summed E-state index contributed by atoms with van der Waals surface area (Å²) in [7, 11) is 2.68. The van der Waals surface area contributed by atoms with Crippen LogP contribution >= 0.6 is 0 Å². The first kappa shape index (κ1) is 17.1. The maximum Gasteiger partial charge on any atom is 0.228 e. The van der Waals surface area contributed by atoms with Crippen LogP contribution in [-0.2, 0) is 9.53 Å². The van der Waals surface area contributed by atoms with E-state index in [-0.39, 0.29) is 17.9 Å². The van der Waals surface area contributed by atoms with Gasteiger partial charge < -0.3 is 29.2 Å². The summed E-state index contributed by atoms with van der Waals surface area (Å²) in [6.07, 6.45) is -3.03. The average Bonchev–Trinajstić information content (AvgIpc) is 2.52. The predicted octanol–water partition coefficient (Wildman–Crippen LogP) is 0.170. The van der Waals surface area contributed by atoms with Gasteiger partial charge in [-0.25, -0.2) is 0 Å². The number of benzene rings is 1. The second-order valence-corrected chi connectivity index (χ2v) is 4.21. The molecular weight excluding hydrogens is 280 g/mol. The summed E-state index contributed by atoms with van der Waals surface area (Å²) >= 11 is 0. The zero-order valence-corrected chi connectivity index (χ0v) is 11.8. The van der Waals surface area contributed by atoms with Gasteiger partial charge in [-0.3, -0.25) is 4.79 Å². The smallest absolute Gasteiger partial charge is 0.228 e. The van der Waals surface area contributed by atoms with Gasteiger partial charge in [-0.2, -0.15) is 0 Å². The average molecular weight is 298 g/mol. The monoisotopic (exact) mass is 298 g/mol. The van der Waals surface area contributed by atoms with Crippen LogP contribution in [-0.4, -0.2) is 55.5 Å². The minimum absolute atomic E-state index is 0.229. The standard InChI is InChI=1S/C14H18O7/c1-19-12-7-9(8-16)3-4-11(12)21-14(20-2)13(18)10(17)5-6-15/h3-4,6-8,10,13-14,17-18H,5H2,1-2H3. The largest absolute Gasteiger partial charge is 0.493 e. The number of aldehydes is 2. The number of aliphatic hydroxyl groups excluding tert-OH is 2. The number of carbonyl (C=O) groups is 2. The Bertz CT molecular complexity index is 474. The highest BCUT2D eigenvalue weighted by Gasteiger charge is 2.28. The Labute approximate surface area is 122 Å². The zero-order chi connectivity index (χ0) is 15.8. The Morgan fingerprint density at radius 1 is 1.19 bits per heavy atom. The predicted molar refractivity (Wildman–Crippen MR) is 72.5 cm³/mol. The van der Waals surface area contributed by atoms with Crippen molar-refractivity contribution >= 4 is 12.6 Å². The number of ether oxygens (including phenoxy) is 3. The summed E-state index contributed by atoms with van der Waals surface area (Å²) in [5.74, 6) is 0.506. The van der Waals surface area contributed by atoms with E-state index in [0.717, 1.165) is 0 Å². The number of methoxy groups -OCH3 is 2. The molecular formula is C14H18O7. The van der Waals surface area contributed by atoms with E-state index in [4.69, 9.17) is 14.2 Å². The summed E-state index contributed by atoms with van der Waals surface area (Å²) in [4.78, 5) is 21.1. The number of aliphatic hydroxyl groups is 2. The molecule has 0 bridgehead atoms. The van der Waals surface area contributed by atoms with Gasteiger partial charge in [-0.15, -0.1) is 0 Å². The molecule has 0 aliphatic heterocycles. The van der Waals surface area contributed by atoms with E-state index in [2.05, 4.69) is 0 Å². The highest BCUT2D eigenvalue weighted by molar-refractivity contribution is 5.76. The van der Waals surface area contributed by atoms with Gasteiger partial charge in [-0.05, 0) is 18.2 Å². The summed E-state index contributed by atoms with van der Waals surface area (Å²) in [5, 5.41) is 19.5. The summed E-state index contributed by atoms with van der Waals surface area (Å²) in [6.45, 7) is 0. The molecule has 0 saturated carbocycles. The number of hydrogen-bond donors (Lipinski definition) is 2. The van der Waals surface area contributed by atoms with Crippen molar-refractivity contribution in [3.63, 3.8) is 0 Å².